The highest BCUT2D eigenvalue weighted by molar-refractivity contribution is 5.91. The van der Waals surface area contributed by atoms with Crippen LogP contribution in [0, 0.1) is 0 Å². The van der Waals surface area contributed by atoms with Crippen molar-refractivity contribution in [2.45, 2.75) is 63.7 Å². The molecule has 0 aliphatic heterocycles. The van der Waals surface area contributed by atoms with E-state index in [4.69, 9.17) is 4.42 Å². The Bertz CT molecular complexity index is 1340. The minimum Gasteiger partial charge on any atom is -0.508 e. The van der Waals surface area contributed by atoms with Gasteiger partial charge in [0.1, 0.15) is 29.1 Å². The molecule has 0 saturated heterocycles. The number of carbonyl (C=O) groups excluding carboxylic acids is 2. The van der Waals surface area contributed by atoms with Gasteiger partial charge in [-0.05, 0) is 61.7 Å². The third-order valence-electron chi connectivity index (χ3n) is 7.01. The number of amides is 2. The minimum absolute atomic E-state index is 0.0677. The van der Waals surface area contributed by atoms with Crippen molar-refractivity contribution in [3.8, 4) is 5.75 Å². The van der Waals surface area contributed by atoms with E-state index in [9.17, 15) is 14.7 Å². The maximum Gasteiger partial charge on any atom is 0.248 e. The van der Waals surface area contributed by atoms with Crippen LogP contribution in [0.15, 0.2) is 71.3 Å². The fourth-order valence-electron chi connectivity index (χ4n) is 5.04. The van der Waals surface area contributed by atoms with Gasteiger partial charge in [0, 0.05) is 6.04 Å². The molecule has 4 aromatic rings. The normalized spacial score (nSPS) is 15.8. The molecule has 1 aliphatic carbocycles. The molecular formula is C28H31N5O4. The van der Waals surface area contributed by atoms with E-state index in [0.717, 1.165) is 31.2 Å². The average molecular weight is 502 g/mol. The van der Waals surface area contributed by atoms with Crippen LogP contribution in [-0.4, -0.2) is 42.9 Å². The Labute approximate surface area is 215 Å². The van der Waals surface area contributed by atoms with Gasteiger partial charge in [-0.3, -0.25) is 9.59 Å². The molecule has 2 N–H and O–H groups in total. The molecule has 9 nitrogen and oxygen atoms in total. The summed E-state index contributed by atoms with van der Waals surface area (Å²) in [5.41, 5.74) is 2.01. The topological polar surface area (TPSA) is 113 Å². The molecule has 2 aromatic carbocycles. The smallest absolute Gasteiger partial charge is 0.248 e. The van der Waals surface area contributed by atoms with Gasteiger partial charge >= 0.3 is 0 Å². The highest BCUT2D eigenvalue weighted by atomic mass is 16.3. The Hall–Kier alpha value is -4.14. The fourth-order valence-corrected chi connectivity index (χ4v) is 5.04. The lowest BCUT2D eigenvalue weighted by atomic mass is 9.94. The number of phenolic OH excluding ortho intramolecular Hbond substituents is 1. The molecule has 1 saturated carbocycles. The van der Waals surface area contributed by atoms with Gasteiger partial charge in [0.2, 0.25) is 11.8 Å². The van der Waals surface area contributed by atoms with Crippen LogP contribution in [0.5, 0.6) is 5.75 Å². The molecule has 1 fully saturated rings. The Morgan fingerprint density at radius 2 is 1.84 bits per heavy atom. The van der Waals surface area contributed by atoms with Gasteiger partial charge in [-0.2, -0.15) is 0 Å². The number of para-hydroxylation sites is 1. The van der Waals surface area contributed by atoms with Crippen LogP contribution < -0.4 is 5.32 Å². The zero-order chi connectivity index (χ0) is 25.8. The molecule has 0 spiro atoms. The molecule has 37 heavy (non-hydrogen) atoms. The van der Waals surface area contributed by atoms with Gasteiger partial charge in [-0.15, -0.1) is 5.10 Å². The Morgan fingerprint density at radius 3 is 2.57 bits per heavy atom. The molecule has 2 amide bonds. The lowest BCUT2D eigenvalue weighted by Crippen LogP contribution is -2.48. The van der Waals surface area contributed by atoms with E-state index in [2.05, 4.69) is 15.6 Å². The summed E-state index contributed by atoms with van der Waals surface area (Å²) in [7, 11) is 0. The number of benzene rings is 2. The monoisotopic (exact) mass is 501 g/mol. The number of rotatable bonds is 8. The molecule has 1 aliphatic rings. The predicted molar refractivity (Wildman–Crippen MR) is 137 cm³/mol. The standard InChI is InChI=1S/C28H31N5O4/c1-19(33-25-12-6-5-11-24(25)30-31-33)28(36)32(18-23-10-7-17-37-23)26(20-13-15-22(34)16-14-20)27(35)29-21-8-3-2-4-9-21/h5-7,10-17,19,21,26,34H,2-4,8-9,18H2,1H3,(H,29,35)/t19-,26-/m0/s1. The highest BCUT2D eigenvalue weighted by Gasteiger charge is 2.36. The van der Waals surface area contributed by atoms with Crippen molar-refractivity contribution >= 4 is 22.8 Å². The highest BCUT2D eigenvalue weighted by Crippen LogP contribution is 2.30. The molecule has 2 aromatic heterocycles. The third-order valence-corrected chi connectivity index (χ3v) is 7.01. The van der Waals surface area contributed by atoms with Crippen LogP contribution in [0.2, 0.25) is 0 Å². The van der Waals surface area contributed by atoms with Crippen molar-refractivity contribution < 1.29 is 19.1 Å². The number of hydrogen-bond acceptors (Lipinski definition) is 6. The van der Waals surface area contributed by atoms with E-state index in [1.165, 1.54) is 23.5 Å². The Morgan fingerprint density at radius 1 is 1.08 bits per heavy atom. The SMILES string of the molecule is C[C@@H](C(=O)N(Cc1ccco1)[C@H](C(=O)NC1CCCCC1)c1ccc(O)cc1)n1nnc2ccccc21. The second kappa shape index (κ2) is 10.9. The lowest BCUT2D eigenvalue weighted by Gasteiger charge is -2.34. The summed E-state index contributed by atoms with van der Waals surface area (Å²) in [5.74, 6) is 0.0804. The van der Waals surface area contributed by atoms with E-state index in [1.54, 1.807) is 42.1 Å². The van der Waals surface area contributed by atoms with E-state index in [1.807, 2.05) is 24.3 Å². The van der Waals surface area contributed by atoms with Crippen LogP contribution in [0.25, 0.3) is 11.0 Å². The van der Waals surface area contributed by atoms with Crippen molar-refractivity contribution in [3.05, 3.63) is 78.3 Å². The fraction of sp³-hybridized carbons (Fsp3) is 0.357. The summed E-state index contributed by atoms with van der Waals surface area (Å²) in [6.45, 7) is 1.85. The quantitative estimate of drug-likeness (QED) is 0.367. The Balaban J connectivity index is 1.53. The van der Waals surface area contributed by atoms with Crippen LogP contribution in [-0.2, 0) is 16.1 Å². The molecule has 0 unspecified atom stereocenters. The summed E-state index contributed by atoms with van der Waals surface area (Å²) in [4.78, 5) is 29.5. The number of nitrogens with zero attached hydrogens (tertiary/aromatic N) is 4. The van der Waals surface area contributed by atoms with E-state index >= 15 is 0 Å². The summed E-state index contributed by atoms with van der Waals surface area (Å²) < 4.78 is 7.17. The Kier molecular flexibility index (Phi) is 7.20. The maximum atomic E-state index is 14.2. The second-order valence-corrected chi connectivity index (χ2v) is 9.58. The summed E-state index contributed by atoms with van der Waals surface area (Å²) in [6, 6.07) is 15.8. The summed E-state index contributed by atoms with van der Waals surface area (Å²) in [5, 5.41) is 21.5. The molecule has 5 rings (SSSR count). The van der Waals surface area contributed by atoms with Crippen molar-refractivity contribution in [3.63, 3.8) is 0 Å². The van der Waals surface area contributed by atoms with Gasteiger partial charge in [0.25, 0.3) is 0 Å². The third kappa shape index (κ3) is 5.35. The second-order valence-electron chi connectivity index (χ2n) is 9.58. The van der Waals surface area contributed by atoms with Crippen LogP contribution in [0.4, 0.5) is 0 Å². The predicted octanol–water partition coefficient (Wildman–Crippen LogP) is 4.51. The van der Waals surface area contributed by atoms with E-state index < -0.39 is 12.1 Å². The zero-order valence-electron chi connectivity index (χ0n) is 20.8. The number of aromatic hydroxyl groups is 1. The van der Waals surface area contributed by atoms with Crippen molar-refractivity contribution in [2.75, 3.05) is 0 Å². The van der Waals surface area contributed by atoms with E-state index in [0.29, 0.717) is 16.8 Å². The number of nitrogens with one attached hydrogen (secondary N) is 1. The first-order valence-electron chi connectivity index (χ1n) is 12.7. The maximum absolute atomic E-state index is 14.2. The minimum atomic E-state index is -0.933. The number of phenols is 1. The van der Waals surface area contributed by atoms with Crippen LogP contribution in [0.1, 0.15) is 62.4 Å². The largest absolute Gasteiger partial charge is 0.508 e. The molecule has 192 valence electrons. The summed E-state index contributed by atoms with van der Waals surface area (Å²) >= 11 is 0. The van der Waals surface area contributed by atoms with Crippen LogP contribution >= 0.6 is 0 Å². The zero-order valence-corrected chi connectivity index (χ0v) is 20.8. The summed E-state index contributed by atoms with van der Waals surface area (Å²) in [6.07, 6.45) is 6.69. The molecule has 2 atom stereocenters. The molecule has 2 heterocycles. The number of carbonyl (C=O) groups is 2. The first kappa shape index (κ1) is 24.5. The van der Waals surface area contributed by atoms with Crippen molar-refractivity contribution in [2.24, 2.45) is 0 Å². The van der Waals surface area contributed by atoms with Gasteiger partial charge in [0.05, 0.1) is 18.3 Å². The number of hydrogen-bond donors (Lipinski definition) is 2. The average Bonchev–Trinajstić information content (AvgIpc) is 3.59. The van der Waals surface area contributed by atoms with E-state index in [-0.39, 0.29) is 30.2 Å². The number of aromatic nitrogens is 3. The first-order valence-corrected chi connectivity index (χ1v) is 12.7. The first-order chi connectivity index (χ1) is 18.0. The van der Waals surface area contributed by atoms with Gasteiger partial charge in [-0.1, -0.05) is 48.7 Å². The lowest BCUT2D eigenvalue weighted by molar-refractivity contribution is -0.144. The molecule has 9 heteroatoms. The van der Waals surface area contributed by atoms with Gasteiger partial charge in [-0.25, -0.2) is 4.68 Å². The van der Waals surface area contributed by atoms with Gasteiger partial charge < -0.3 is 19.7 Å². The molecular weight excluding hydrogens is 470 g/mol. The molecule has 0 bridgehead atoms. The van der Waals surface area contributed by atoms with Crippen molar-refractivity contribution in [1.82, 2.24) is 25.2 Å². The van der Waals surface area contributed by atoms with Crippen LogP contribution in [0.3, 0.4) is 0 Å². The number of furan rings is 1. The van der Waals surface area contributed by atoms with Gasteiger partial charge in [0.15, 0.2) is 0 Å². The molecule has 0 radical (unpaired) electrons. The van der Waals surface area contributed by atoms with Crippen molar-refractivity contribution in [1.29, 1.82) is 0 Å². The number of fused-ring (bicyclic) bond motifs is 1.